The van der Waals surface area contributed by atoms with E-state index in [1.165, 1.54) is 18.4 Å². The van der Waals surface area contributed by atoms with Gasteiger partial charge in [0, 0.05) is 19.6 Å². The molecule has 2 amide bonds. The van der Waals surface area contributed by atoms with Crippen molar-refractivity contribution in [2.45, 2.75) is 51.2 Å². The molecule has 0 unspecified atom stereocenters. The van der Waals surface area contributed by atoms with Crippen molar-refractivity contribution in [1.29, 1.82) is 0 Å². The quantitative estimate of drug-likeness (QED) is 0.666. The van der Waals surface area contributed by atoms with Crippen LogP contribution < -0.4 is 9.47 Å². The number of hydrogen-bond donors (Lipinski definition) is 0. The van der Waals surface area contributed by atoms with E-state index in [2.05, 4.69) is 12.1 Å². The molecule has 6 heteroatoms. The van der Waals surface area contributed by atoms with E-state index in [-0.39, 0.29) is 18.4 Å². The first-order valence-electron chi connectivity index (χ1n) is 11.7. The summed E-state index contributed by atoms with van der Waals surface area (Å²) in [5.74, 6) is 2.17. The fourth-order valence-corrected chi connectivity index (χ4v) is 4.56. The summed E-state index contributed by atoms with van der Waals surface area (Å²) in [6, 6.07) is 15.1. The summed E-state index contributed by atoms with van der Waals surface area (Å²) < 4.78 is 11.6. The van der Waals surface area contributed by atoms with Crippen molar-refractivity contribution in [3.63, 3.8) is 0 Å². The Labute approximate surface area is 189 Å². The molecule has 2 heterocycles. The standard InChI is InChI=1S/C26H30N2O4/c29-25(18-32-22-6-2-1-3-7-22)28-13-5-4-8-24(28)26(30)27-15-20-11-12-23(14-21(20)16-27)31-17-19-9-10-19/h1-3,6-7,11-12,14,19,24H,4-5,8-10,13,15-18H2/t24-/m1/s1. The van der Waals surface area contributed by atoms with E-state index in [0.29, 0.717) is 37.7 Å². The molecule has 3 aliphatic rings. The Balaban J connectivity index is 1.21. The van der Waals surface area contributed by atoms with Crippen LogP contribution in [-0.2, 0) is 22.7 Å². The van der Waals surface area contributed by atoms with Crippen molar-refractivity contribution in [3.05, 3.63) is 59.7 Å². The van der Waals surface area contributed by atoms with E-state index in [1.807, 2.05) is 41.3 Å². The molecule has 1 saturated heterocycles. The van der Waals surface area contributed by atoms with E-state index < -0.39 is 6.04 Å². The minimum absolute atomic E-state index is 0.0365. The number of amides is 2. The average molecular weight is 435 g/mol. The lowest BCUT2D eigenvalue weighted by Crippen LogP contribution is -2.53. The van der Waals surface area contributed by atoms with Crippen LogP contribution in [-0.4, -0.2) is 47.4 Å². The van der Waals surface area contributed by atoms with Gasteiger partial charge in [0.1, 0.15) is 17.5 Å². The monoisotopic (exact) mass is 434 g/mol. The van der Waals surface area contributed by atoms with Crippen molar-refractivity contribution in [2.24, 2.45) is 5.92 Å². The fourth-order valence-electron chi connectivity index (χ4n) is 4.56. The predicted octanol–water partition coefficient (Wildman–Crippen LogP) is 3.78. The van der Waals surface area contributed by atoms with Gasteiger partial charge >= 0.3 is 0 Å². The number of likely N-dealkylation sites (tertiary alicyclic amines) is 1. The first-order chi connectivity index (χ1) is 15.7. The number of rotatable bonds is 7. The van der Waals surface area contributed by atoms with Crippen LogP contribution in [0.15, 0.2) is 48.5 Å². The van der Waals surface area contributed by atoms with Crippen molar-refractivity contribution in [2.75, 3.05) is 19.8 Å². The van der Waals surface area contributed by atoms with Crippen LogP contribution in [0.2, 0.25) is 0 Å². The third kappa shape index (κ3) is 4.74. The minimum Gasteiger partial charge on any atom is -0.493 e. The molecule has 2 aromatic carbocycles. The molecule has 0 N–H and O–H groups in total. The van der Waals surface area contributed by atoms with Crippen molar-refractivity contribution >= 4 is 11.8 Å². The largest absolute Gasteiger partial charge is 0.493 e. The Morgan fingerprint density at radius 1 is 0.875 bits per heavy atom. The molecule has 2 aromatic rings. The molecule has 0 aromatic heterocycles. The Kier molecular flexibility index (Phi) is 6.02. The molecule has 1 aliphatic carbocycles. The summed E-state index contributed by atoms with van der Waals surface area (Å²) in [6.45, 7) is 2.51. The number of benzene rings is 2. The molecule has 168 valence electrons. The summed E-state index contributed by atoms with van der Waals surface area (Å²) in [4.78, 5) is 29.9. The van der Waals surface area contributed by atoms with Crippen LogP contribution in [0, 0.1) is 5.92 Å². The summed E-state index contributed by atoms with van der Waals surface area (Å²) in [5, 5.41) is 0. The molecule has 2 aliphatic heterocycles. The summed E-state index contributed by atoms with van der Waals surface area (Å²) >= 11 is 0. The number of fused-ring (bicyclic) bond motifs is 1. The number of para-hydroxylation sites is 1. The van der Waals surface area contributed by atoms with Gasteiger partial charge in [-0.2, -0.15) is 0 Å². The van der Waals surface area contributed by atoms with Gasteiger partial charge in [-0.05, 0) is 73.4 Å². The van der Waals surface area contributed by atoms with Crippen LogP contribution in [0.4, 0.5) is 0 Å². The molecule has 1 saturated carbocycles. The third-order valence-electron chi connectivity index (χ3n) is 6.61. The highest BCUT2D eigenvalue weighted by atomic mass is 16.5. The molecule has 32 heavy (non-hydrogen) atoms. The maximum atomic E-state index is 13.4. The lowest BCUT2D eigenvalue weighted by atomic mass is 10.0. The second-order valence-electron chi connectivity index (χ2n) is 9.08. The van der Waals surface area contributed by atoms with E-state index in [0.717, 1.165) is 30.8 Å². The van der Waals surface area contributed by atoms with Crippen molar-refractivity contribution in [1.82, 2.24) is 9.80 Å². The molecule has 6 nitrogen and oxygen atoms in total. The lowest BCUT2D eigenvalue weighted by Gasteiger charge is -2.36. The molecule has 0 radical (unpaired) electrons. The Morgan fingerprint density at radius 3 is 2.50 bits per heavy atom. The normalized spacial score (nSPS) is 20.1. The molecular weight excluding hydrogens is 404 g/mol. The van der Waals surface area contributed by atoms with Gasteiger partial charge < -0.3 is 19.3 Å². The summed E-state index contributed by atoms with van der Waals surface area (Å²) in [6.07, 6.45) is 5.11. The first-order valence-corrected chi connectivity index (χ1v) is 11.7. The van der Waals surface area contributed by atoms with Gasteiger partial charge in [0.05, 0.1) is 6.61 Å². The van der Waals surface area contributed by atoms with E-state index in [1.54, 1.807) is 4.90 Å². The predicted molar refractivity (Wildman–Crippen MR) is 120 cm³/mol. The zero-order valence-corrected chi connectivity index (χ0v) is 18.4. The number of ether oxygens (including phenoxy) is 2. The molecule has 1 atom stereocenters. The van der Waals surface area contributed by atoms with Gasteiger partial charge in [-0.25, -0.2) is 0 Å². The number of hydrogen-bond acceptors (Lipinski definition) is 4. The maximum absolute atomic E-state index is 13.4. The van der Waals surface area contributed by atoms with Crippen molar-refractivity contribution < 1.29 is 19.1 Å². The summed E-state index contributed by atoms with van der Waals surface area (Å²) in [5.41, 5.74) is 2.31. The molecular formula is C26H30N2O4. The topological polar surface area (TPSA) is 59.1 Å². The van der Waals surface area contributed by atoms with Gasteiger partial charge in [0.2, 0.25) is 5.91 Å². The highest BCUT2D eigenvalue weighted by molar-refractivity contribution is 5.88. The van der Waals surface area contributed by atoms with Gasteiger partial charge in [-0.1, -0.05) is 24.3 Å². The zero-order chi connectivity index (χ0) is 21.9. The van der Waals surface area contributed by atoms with Crippen LogP contribution in [0.5, 0.6) is 11.5 Å². The first kappa shape index (κ1) is 20.9. The smallest absolute Gasteiger partial charge is 0.261 e. The van der Waals surface area contributed by atoms with E-state index in [4.69, 9.17) is 9.47 Å². The number of carbonyl (C=O) groups is 2. The summed E-state index contributed by atoms with van der Waals surface area (Å²) in [7, 11) is 0. The number of piperidine rings is 1. The molecule has 2 fully saturated rings. The van der Waals surface area contributed by atoms with Crippen molar-refractivity contribution in [3.8, 4) is 11.5 Å². The van der Waals surface area contributed by atoms with Crippen LogP contribution >= 0.6 is 0 Å². The average Bonchev–Trinajstić information content (AvgIpc) is 3.58. The van der Waals surface area contributed by atoms with Gasteiger partial charge in [-0.3, -0.25) is 9.59 Å². The van der Waals surface area contributed by atoms with Gasteiger partial charge in [-0.15, -0.1) is 0 Å². The Hall–Kier alpha value is -3.02. The highest BCUT2D eigenvalue weighted by Gasteiger charge is 2.36. The van der Waals surface area contributed by atoms with Gasteiger partial charge in [0.25, 0.3) is 5.91 Å². The van der Waals surface area contributed by atoms with Crippen LogP contribution in [0.25, 0.3) is 0 Å². The van der Waals surface area contributed by atoms with E-state index >= 15 is 0 Å². The number of carbonyl (C=O) groups excluding carboxylic acids is 2. The van der Waals surface area contributed by atoms with Gasteiger partial charge in [0.15, 0.2) is 6.61 Å². The van der Waals surface area contributed by atoms with Crippen LogP contribution in [0.1, 0.15) is 43.2 Å². The van der Waals surface area contributed by atoms with E-state index in [9.17, 15) is 9.59 Å². The second kappa shape index (κ2) is 9.23. The van der Waals surface area contributed by atoms with Crippen LogP contribution in [0.3, 0.4) is 0 Å². The minimum atomic E-state index is -0.407. The SMILES string of the molecule is O=C([C@H]1CCCCN1C(=O)COc1ccccc1)N1Cc2ccc(OCC3CC3)cc2C1. The second-order valence-corrected chi connectivity index (χ2v) is 9.08. The highest BCUT2D eigenvalue weighted by Crippen LogP contribution is 2.32. The molecule has 5 rings (SSSR count). The third-order valence-corrected chi connectivity index (χ3v) is 6.61. The zero-order valence-electron chi connectivity index (χ0n) is 18.4. The lowest BCUT2D eigenvalue weighted by molar-refractivity contribution is -0.149. The molecule has 0 bridgehead atoms. The fraction of sp³-hybridized carbons (Fsp3) is 0.462. The number of nitrogens with zero attached hydrogens (tertiary/aromatic N) is 2. The Morgan fingerprint density at radius 2 is 1.69 bits per heavy atom. The molecule has 0 spiro atoms. The maximum Gasteiger partial charge on any atom is 0.261 e. The Bertz CT molecular complexity index is 973.